The first-order chi connectivity index (χ1) is 12.7. The minimum atomic E-state index is -4.58. The van der Waals surface area contributed by atoms with Gasteiger partial charge in [0.05, 0.1) is 12.7 Å². The zero-order valence-corrected chi connectivity index (χ0v) is 15.9. The molecule has 5 nitrogen and oxygen atoms in total. The van der Waals surface area contributed by atoms with Crippen LogP contribution in [0.15, 0.2) is 30.5 Å². The van der Waals surface area contributed by atoms with Gasteiger partial charge in [-0.1, -0.05) is 19.4 Å². The molecule has 0 fully saturated rings. The van der Waals surface area contributed by atoms with Crippen LogP contribution in [0.25, 0.3) is 0 Å². The number of anilines is 2. The fraction of sp³-hybridized carbons (Fsp3) is 0.474. The Hall–Kier alpha value is -2.51. The molecule has 148 valence electrons. The van der Waals surface area contributed by atoms with Crippen molar-refractivity contribution in [1.82, 2.24) is 9.97 Å². The molecule has 8 heteroatoms. The van der Waals surface area contributed by atoms with Crippen LogP contribution in [0.2, 0.25) is 0 Å². The van der Waals surface area contributed by atoms with E-state index < -0.39 is 17.6 Å². The number of rotatable bonds is 8. The Morgan fingerprint density at radius 2 is 1.96 bits per heavy atom. The van der Waals surface area contributed by atoms with Gasteiger partial charge in [0.1, 0.15) is 11.3 Å². The van der Waals surface area contributed by atoms with E-state index in [9.17, 15) is 13.2 Å². The fourth-order valence-corrected chi connectivity index (χ4v) is 2.29. The van der Waals surface area contributed by atoms with Crippen molar-refractivity contribution in [2.24, 2.45) is 0 Å². The molecule has 27 heavy (non-hydrogen) atoms. The van der Waals surface area contributed by atoms with Crippen molar-refractivity contribution < 1.29 is 22.6 Å². The molecular formula is C19H24F3N3O2. The van der Waals surface area contributed by atoms with Gasteiger partial charge in [-0.2, -0.15) is 18.2 Å². The summed E-state index contributed by atoms with van der Waals surface area (Å²) < 4.78 is 50.5. The average molecular weight is 383 g/mol. The molecule has 0 unspecified atom stereocenters. The standard InChI is InChI=1S/C19H24F3N3O2/c1-5-6-10-26-17-16(19(20,21)22)12-23-18(24-17)25(4)14-8-7-9-15(11-14)27-13(2)3/h7-9,11-13H,5-6,10H2,1-4H3. The molecule has 0 radical (unpaired) electrons. The summed E-state index contributed by atoms with van der Waals surface area (Å²) >= 11 is 0. The second-order valence-corrected chi connectivity index (χ2v) is 6.31. The Balaban J connectivity index is 2.32. The van der Waals surface area contributed by atoms with E-state index in [-0.39, 0.29) is 18.7 Å². The molecule has 2 rings (SSSR count). The van der Waals surface area contributed by atoms with Crippen molar-refractivity contribution in [2.75, 3.05) is 18.6 Å². The number of nitrogens with zero attached hydrogens (tertiary/aromatic N) is 3. The molecule has 0 saturated heterocycles. The van der Waals surface area contributed by atoms with Crippen molar-refractivity contribution in [1.29, 1.82) is 0 Å². The Labute approximate surface area is 157 Å². The van der Waals surface area contributed by atoms with Crippen molar-refractivity contribution in [3.63, 3.8) is 0 Å². The summed E-state index contributed by atoms with van der Waals surface area (Å²) in [5.74, 6) is 0.305. The minimum Gasteiger partial charge on any atom is -0.491 e. The summed E-state index contributed by atoms with van der Waals surface area (Å²) in [6, 6.07) is 7.18. The first-order valence-corrected chi connectivity index (χ1v) is 8.79. The summed E-state index contributed by atoms with van der Waals surface area (Å²) in [5, 5.41) is 0. The highest BCUT2D eigenvalue weighted by atomic mass is 19.4. The first kappa shape index (κ1) is 20.8. The maximum Gasteiger partial charge on any atom is 0.423 e. The van der Waals surface area contributed by atoms with Crippen LogP contribution >= 0.6 is 0 Å². The number of halogens is 3. The molecular weight excluding hydrogens is 359 g/mol. The van der Waals surface area contributed by atoms with Crippen LogP contribution in [-0.2, 0) is 6.18 Å². The number of hydrogen-bond acceptors (Lipinski definition) is 5. The molecule has 0 aliphatic carbocycles. The minimum absolute atomic E-state index is 0.00597. The van der Waals surface area contributed by atoms with Crippen molar-refractivity contribution in [3.05, 3.63) is 36.0 Å². The average Bonchev–Trinajstić information content (AvgIpc) is 2.60. The summed E-state index contributed by atoms with van der Waals surface area (Å²) in [6.45, 7) is 5.92. The lowest BCUT2D eigenvalue weighted by molar-refractivity contribution is -0.139. The highest BCUT2D eigenvalue weighted by Gasteiger charge is 2.36. The Morgan fingerprint density at radius 3 is 2.59 bits per heavy atom. The van der Waals surface area contributed by atoms with E-state index in [1.807, 2.05) is 26.8 Å². The second kappa shape index (κ2) is 8.92. The smallest absolute Gasteiger partial charge is 0.423 e. The van der Waals surface area contributed by atoms with Crippen LogP contribution in [-0.4, -0.2) is 29.7 Å². The second-order valence-electron chi connectivity index (χ2n) is 6.31. The molecule has 1 heterocycles. The normalized spacial score (nSPS) is 11.6. The summed E-state index contributed by atoms with van der Waals surface area (Å²) in [4.78, 5) is 9.47. The Kier molecular flexibility index (Phi) is 6.87. The molecule has 0 amide bonds. The van der Waals surface area contributed by atoms with E-state index in [1.54, 1.807) is 30.1 Å². The topological polar surface area (TPSA) is 47.5 Å². The lowest BCUT2D eigenvalue weighted by Gasteiger charge is -2.20. The fourth-order valence-electron chi connectivity index (χ4n) is 2.29. The van der Waals surface area contributed by atoms with Gasteiger partial charge in [0.15, 0.2) is 0 Å². The van der Waals surface area contributed by atoms with E-state index in [1.165, 1.54) is 0 Å². The molecule has 0 aliphatic heterocycles. The predicted octanol–water partition coefficient (Wildman–Crippen LogP) is 5.23. The molecule has 0 saturated carbocycles. The predicted molar refractivity (Wildman–Crippen MR) is 97.7 cm³/mol. The van der Waals surface area contributed by atoms with Gasteiger partial charge in [0, 0.05) is 25.0 Å². The third kappa shape index (κ3) is 5.74. The molecule has 1 aromatic carbocycles. The van der Waals surface area contributed by atoms with E-state index in [4.69, 9.17) is 9.47 Å². The highest BCUT2D eigenvalue weighted by molar-refractivity contribution is 5.59. The van der Waals surface area contributed by atoms with Crippen molar-refractivity contribution in [2.45, 2.75) is 45.9 Å². The van der Waals surface area contributed by atoms with Crippen LogP contribution in [0, 0.1) is 0 Å². The molecule has 0 bridgehead atoms. The van der Waals surface area contributed by atoms with Crippen LogP contribution in [0.3, 0.4) is 0 Å². The van der Waals surface area contributed by atoms with E-state index in [2.05, 4.69) is 9.97 Å². The van der Waals surface area contributed by atoms with Gasteiger partial charge in [-0.25, -0.2) is 4.98 Å². The number of unbranched alkanes of at least 4 members (excludes halogenated alkanes) is 1. The van der Waals surface area contributed by atoms with E-state index in [0.29, 0.717) is 17.9 Å². The van der Waals surface area contributed by atoms with Gasteiger partial charge in [-0.3, -0.25) is 0 Å². The molecule has 0 atom stereocenters. The van der Waals surface area contributed by atoms with Gasteiger partial charge in [0.2, 0.25) is 11.8 Å². The first-order valence-electron chi connectivity index (χ1n) is 8.79. The van der Waals surface area contributed by atoms with Crippen molar-refractivity contribution in [3.8, 4) is 11.6 Å². The third-order valence-electron chi connectivity index (χ3n) is 3.66. The van der Waals surface area contributed by atoms with Gasteiger partial charge >= 0.3 is 6.18 Å². The van der Waals surface area contributed by atoms with Crippen molar-refractivity contribution >= 4 is 11.6 Å². The zero-order chi connectivity index (χ0) is 20.0. The van der Waals surface area contributed by atoms with Crippen LogP contribution in [0.4, 0.5) is 24.8 Å². The van der Waals surface area contributed by atoms with E-state index in [0.717, 1.165) is 12.6 Å². The van der Waals surface area contributed by atoms with Gasteiger partial charge in [0.25, 0.3) is 0 Å². The summed E-state index contributed by atoms with van der Waals surface area (Å²) in [5.41, 5.74) is -0.292. The zero-order valence-electron chi connectivity index (χ0n) is 15.9. The molecule has 0 aliphatic rings. The summed E-state index contributed by atoms with van der Waals surface area (Å²) in [7, 11) is 1.67. The van der Waals surface area contributed by atoms with Crippen LogP contribution < -0.4 is 14.4 Å². The molecule has 2 aromatic rings. The molecule has 0 spiro atoms. The molecule has 0 N–H and O–H groups in total. The largest absolute Gasteiger partial charge is 0.491 e. The lowest BCUT2D eigenvalue weighted by Crippen LogP contribution is -2.17. The monoisotopic (exact) mass is 383 g/mol. The SMILES string of the molecule is CCCCOc1nc(N(C)c2cccc(OC(C)C)c2)ncc1C(F)(F)F. The number of alkyl halides is 3. The third-order valence-corrected chi connectivity index (χ3v) is 3.66. The number of hydrogen-bond donors (Lipinski definition) is 0. The number of aromatic nitrogens is 2. The lowest BCUT2D eigenvalue weighted by atomic mass is 10.2. The Morgan fingerprint density at radius 1 is 1.22 bits per heavy atom. The van der Waals surface area contributed by atoms with Gasteiger partial charge in [-0.15, -0.1) is 0 Å². The molecule has 1 aromatic heterocycles. The number of benzene rings is 1. The highest BCUT2D eigenvalue weighted by Crippen LogP contribution is 2.36. The van der Waals surface area contributed by atoms with Gasteiger partial charge in [-0.05, 0) is 32.4 Å². The summed E-state index contributed by atoms with van der Waals surface area (Å²) in [6.07, 6.45) is -2.37. The quantitative estimate of drug-likeness (QED) is 0.584. The Bertz CT molecular complexity index is 751. The maximum absolute atomic E-state index is 13.2. The van der Waals surface area contributed by atoms with E-state index >= 15 is 0 Å². The van der Waals surface area contributed by atoms with Crippen LogP contribution in [0.5, 0.6) is 11.6 Å². The van der Waals surface area contributed by atoms with Crippen LogP contribution in [0.1, 0.15) is 39.2 Å². The maximum atomic E-state index is 13.2. The van der Waals surface area contributed by atoms with Gasteiger partial charge < -0.3 is 14.4 Å². The number of ether oxygens (including phenoxy) is 2.